The third kappa shape index (κ3) is 3.22. The van der Waals surface area contributed by atoms with Gasteiger partial charge in [-0.25, -0.2) is 0 Å². The summed E-state index contributed by atoms with van der Waals surface area (Å²) in [6, 6.07) is 0.385. The standard InChI is InChI=1S/C13H22BrNO/c14-11-8-5-9-12(11)15-13(16)10-6-3-1-2-4-7-10/h10-12H,1-9H2,(H,15,16). The van der Waals surface area contributed by atoms with Crippen LogP contribution >= 0.6 is 15.9 Å². The smallest absolute Gasteiger partial charge is 0.223 e. The van der Waals surface area contributed by atoms with E-state index in [1.165, 1.54) is 38.5 Å². The van der Waals surface area contributed by atoms with Gasteiger partial charge < -0.3 is 5.32 Å². The highest BCUT2D eigenvalue weighted by molar-refractivity contribution is 9.09. The first-order valence-corrected chi connectivity index (χ1v) is 7.63. The molecule has 0 aromatic rings. The van der Waals surface area contributed by atoms with Gasteiger partial charge >= 0.3 is 0 Å². The number of hydrogen-bond donors (Lipinski definition) is 1. The molecule has 1 N–H and O–H groups in total. The van der Waals surface area contributed by atoms with Crippen LogP contribution in [0, 0.1) is 5.92 Å². The third-order valence-electron chi connectivity index (χ3n) is 3.99. The van der Waals surface area contributed by atoms with Crippen molar-refractivity contribution in [2.45, 2.75) is 68.7 Å². The SMILES string of the molecule is O=C(NC1CCCC1Br)C1CCCCCC1. The minimum absolute atomic E-state index is 0.294. The summed E-state index contributed by atoms with van der Waals surface area (Å²) in [6.45, 7) is 0. The maximum atomic E-state index is 12.1. The summed E-state index contributed by atoms with van der Waals surface area (Å²) in [4.78, 5) is 12.6. The summed E-state index contributed by atoms with van der Waals surface area (Å²) in [5.74, 6) is 0.612. The molecule has 0 spiro atoms. The second kappa shape index (κ2) is 6.04. The molecule has 0 bridgehead atoms. The molecule has 2 aliphatic carbocycles. The molecule has 1 amide bonds. The van der Waals surface area contributed by atoms with Crippen molar-refractivity contribution in [3.05, 3.63) is 0 Å². The van der Waals surface area contributed by atoms with Crippen LogP contribution in [0.5, 0.6) is 0 Å². The maximum Gasteiger partial charge on any atom is 0.223 e. The van der Waals surface area contributed by atoms with Crippen molar-refractivity contribution >= 4 is 21.8 Å². The lowest BCUT2D eigenvalue weighted by Gasteiger charge is -2.20. The molecular formula is C13H22BrNO. The number of carbonyl (C=O) groups excluding carboxylic acids is 1. The fourth-order valence-corrected chi connectivity index (χ4v) is 3.64. The van der Waals surface area contributed by atoms with Crippen LogP contribution in [0.25, 0.3) is 0 Å². The van der Waals surface area contributed by atoms with E-state index in [4.69, 9.17) is 0 Å². The first kappa shape index (κ1) is 12.4. The summed E-state index contributed by atoms with van der Waals surface area (Å²) in [6.07, 6.45) is 10.9. The number of rotatable bonds is 2. The van der Waals surface area contributed by atoms with Crippen LogP contribution < -0.4 is 5.32 Å². The Bertz CT molecular complexity index is 236. The molecule has 0 radical (unpaired) electrons. The monoisotopic (exact) mass is 287 g/mol. The van der Waals surface area contributed by atoms with Crippen LogP contribution in [0.15, 0.2) is 0 Å². The van der Waals surface area contributed by atoms with Crippen LogP contribution in [-0.2, 0) is 4.79 Å². The molecule has 0 saturated heterocycles. The van der Waals surface area contributed by atoms with Crippen molar-refractivity contribution in [1.29, 1.82) is 0 Å². The van der Waals surface area contributed by atoms with Gasteiger partial charge in [-0.3, -0.25) is 4.79 Å². The largest absolute Gasteiger partial charge is 0.352 e. The first-order chi connectivity index (χ1) is 7.77. The molecule has 2 fully saturated rings. The van der Waals surface area contributed by atoms with E-state index in [1.54, 1.807) is 0 Å². The Morgan fingerprint density at radius 3 is 2.19 bits per heavy atom. The highest BCUT2D eigenvalue weighted by atomic mass is 79.9. The Morgan fingerprint density at radius 2 is 1.62 bits per heavy atom. The Kier molecular flexibility index (Phi) is 4.68. The van der Waals surface area contributed by atoms with Crippen LogP contribution in [0.1, 0.15) is 57.8 Å². The van der Waals surface area contributed by atoms with E-state index in [0.29, 0.717) is 22.7 Å². The molecule has 3 heteroatoms. The molecule has 0 aromatic heterocycles. The predicted octanol–water partition coefficient (Wildman–Crippen LogP) is 3.39. The highest BCUT2D eigenvalue weighted by Gasteiger charge is 2.28. The average molecular weight is 288 g/mol. The third-order valence-corrected chi connectivity index (χ3v) is 5.08. The Morgan fingerprint density at radius 1 is 0.938 bits per heavy atom. The first-order valence-electron chi connectivity index (χ1n) is 6.72. The van der Waals surface area contributed by atoms with Crippen molar-refractivity contribution in [3.63, 3.8) is 0 Å². The number of alkyl halides is 1. The molecule has 92 valence electrons. The van der Waals surface area contributed by atoms with E-state index in [-0.39, 0.29) is 0 Å². The Labute approximate surface area is 107 Å². The van der Waals surface area contributed by atoms with Crippen molar-refractivity contribution < 1.29 is 4.79 Å². The van der Waals surface area contributed by atoms with Gasteiger partial charge in [-0.05, 0) is 25.7 Å². The van der Waals surface area contributed by atoms with E-state index in [0.717, 1.165) is 19.3 Å². The zero-order valence-corrected chi connectivity index (χ0v) is 11.5. The van der Waals surface area contributed by atoms with E-state index in [2.05, 4.69) is 21.2 Å². The van der Waals surface area contributed by atoms with Crippen LogP contribution in [-0.4, -0.2) is 16.8 Å². The maximum absolute atomic E-state index is 12.1. The van der Waals surface area contributed by atoms with Crippen molar-refractivity contribution in [3.8, 4) is 0 Å². The molecule has 0 aromatic carbocycles. The van der Waals surface area contributed by atoms with Crippen LogP contribution in [0.4, 0.5) is 0 Å². The number of halogens is 1. The van der Waals surface area contributed by atoms with Crippen LogP contribution in [0.2, 0.25) is 0 Å². The summed E-state index contributed by atoms with van der Waals surface area (Å²) in [5, 5.41) is 3.24. The number of amides is 1. The lowest BCUT2D eigenvalue weighted by atomic mass is 9.99. The topological polar surface area (TPSA) is 29.1 Å². The number of nitrogens with one attached hydrogen (secondary N) is 1. The second-order valence-electron chi connectivity index (χ2n) is 5.25. The van der Waals surface area contributed by atoms with Gasteiger partial charge in [0.05, 0.1) is 0 Å². The average Bonchev–Trinajstić information content (AvgIpc) is 2.57. The molecule has 2 rings (SSSR count). The van der Waals surface area contributed by atoms with Gasteiger partial charge in [-0.15, -0.1) is 0 Å². The number of hydrogen-bond acceptors (Lipinski definition) is 1. The summed E-state index contributed by atoms with van der Waals surface area (Å²) in [5.41, 5.74) is 0. The van der Waals surface area contributed by atoms with Gasteiger partial charge in [0.2, 0.25) is 5.91 Å². The lowest BCUT2D eigenvalue weighted by Crippen LogP contribution is -2.41. The van der Waals surface area contributed by atoms with Gasteiger partial charge in [-0.1, -0.05) is 48.0 Å². The Balaban J connectivity index is 1.81. The molecule has 2 atom stereocenters. The zero-order chi connectivity index (χ0) is 11.4. The summed E-state index contributed by atoms with van der Waals surface area (Å²) in [7, 11) is 0. The minimum Gasteiger partial charge on any atom is -0.352 e. The van der Waals surface area contributed by atoms with Gasteiger partial charge in [0.25, 0.3) is 0 Å². The second-order valence-corrected chi connectivity index (χ2v) is 6.43. The summed E-state index contributed by atoms with van der Waals surface area (Å²) < 4.78 is 0. The van der Waals surface area contributed by atoms with Gasteiger partial charge in [0, 0.05) is 16.8 Å². The molecule has 2 aliphatic rings. The molecule has 16 heavy (non-hydrogen) atoms. The lowest BCUT2D eigenvalue weighted by molar-refractivity contribution is -0.126. The predicted molar refractivity (Wildman–Crippen MR) is 69.7 cm³/mol. The zero-order valence-electron chi connectivity index (χ0n) is 9.88. The van der Waals surface area contributed by atoms with Crippen molar-refractivity contribution in [2.24, 2.45) is 5.92 Å². The number of carbonyl (C=O) groups is 1. The van der Waals surface area contributed by atoms with Crippen molar-refractivity contribution in [1.82, 2.24) is 5.32 Å². The Hall–Kier alpha value is -0.0500. The molecule has 2 unspecified atom stereocenters. The molecule has 0 aliphatic heterocycles. The van der Waals surface area contributed by atoms with Crippen molar-refractivity contribution in [2.75, 3.05) is 0 Å². The molecule has 2 saturated carbocycles. The summed E-state index contributed by atoms with van der Waals surface area (Å²) >= 11 is 3.66. The van der Waals surface area contributed by atoms with Gasteiger partial charge in [-0.2, -0.15) is 0 Å². The van der Waals surface area contributed by atoms with Gasteiger partial charge in [0.15, 0.2) is 0 Å². The molecule has 2 nitrogen and oxygen atoms in total. The van der Waals surface area contributed by atoms with Crippen LogP contribution in [0.3, 0.4) is 0 Å². The van der Waals surface area contributed by atoms with E-state index in [1.807, 2.05) is 0 Å². The minimum atomic E-state index is 0.294. The highest BCUT2D eigenvalue weighted by Crippen LogP contribution is 2.27. The van der Waals surface area contributed by atoms with E-state index < -0.39 is 0 Å². The molecule has 0 heterocycles. The normalized spacial score (nSPS) is 32.3. The fraction of sp³-hybridized carbons (Fsp3) is 0.923. The van der Waals surface area contributed by atoms with E-state index in [9.17, 15) is 4.79 Å². The van der Waals surface area contributed by atoms with Gasteiger partial charge in [0.1, 0.15) is 0 Å². The molecular weight excluding hydrogens is 266 g/mol. The quantitative estimate of drug-likeness (QED) is 0.612. The van der Waals surface area contributed by atoms with E-state index >= 15 is 0 Å². The fourth-order valence-electron chi connectivity index (χ4n) is 2.92.